The highest BCUT2D eigenvalue weighted by Crippen LogP contribution is 2.09. The van der Waals surface area contributed by atoms with Gasteiger partial charge < -0.3 is 5.73 Å². The molecule has 12 heavy (non-hydrogen) atoms. The molecule has 0 saturated carbocycles. The maximum absolute atomic E-state index is 5.56. The molecule has 1 aromatic heterocycles. The number of hydrogen-bond acceptors (Lipinski definition) is 5. The summed E-state index contributed by atoms with van der Waals surface area (Å²) in [7, 11) is 3.88. The van der Waals surface area contributed by atoms with Gasteiger partial charge in [0.05, 0.1) is 12.2 Å². The normalized spacial score (nSPS) is 13.3. The number of rotatable bonds is 3. The van der Waals surface area contributed by atoms with E-state index in [0.29, 0.717) is 12.4 Å². The van der Waals surface area contributed by atoms with Crippen molar-refractivity contribution in [3.8, 4) is 0 Å². The fraction of sp³-hybridized carbons (Fsp3) is 0.571. The van der Waals surface area contributed by atoms with Crippen LogP contribution in [0.2, 0.25) is 0 Å². The summed E-state index contributed by atoms with van der Waals surface area (Å²) in [5, 5.41) is 7.63. The fourth-order valence-electron chi connectivity index (χ4n) is 0.958. The van der Waals surface area contributed by atoms with E-state index >= 15 is 0 Å². The first-order valence-corrected chi connectivity index (χ1v) is 3.75. The quantitative estimate of drug-likeness (QED) is 0.653. The highest BCUT2D eigenvalue weighted by Gasteiger charge is 2.14. The average molecular weight is 167 g/mol. The average Bonchev–Trinajstić information content (AvgIpc) is 2.07. The smallest absolute Gasteiger partial charge is 0.169 e. The zero-order chi connectivity index (χ0) is 8.97. The van der Waals surface area contributed by atoms with E-state index in [2.05, 4.69) is 15.2 Å². The monoisotopic (exact) mass is 167 g/mol. The zero-order valence-corrected chi connectivity index (χ0v) is 7.31. The van der Waals surface area contributed by atoms with Crippen LogP contribution in [0.5, 0.6) is 0 Å². The van der Waals surface area contributed by atoms with Crippen LogP contribution in [0.25, 0.3) is 0 Å². The Bertz CT molecular complexity index is 222. The SMILES string of the molecule is CN(C)C(CN)c1nccnn1. The summed E-state index contributed by atoms with van der Waals surface area (Å²) in [5.74, 6) is 0.671. The molecule has 0 aromatic carbocycles. The Balaban J connectivity index is 2.80. The van der Waals surface area contributed by atoms with E-state index < -0.39 is 0 Å². The lowest BCUT2D eigenvalue weighted by Crippen LogP contribution is -2.28. The van der Waals surface area contributed by atoms with Gasteiger partial charge in [-0.2, -0.15) is 5.10 Å². The van der Waals surface area contributed by atoms with Crippen molar-refractivity contribution < 1.29 is 0 Å². The van der Waals surface area contributed by atoms with E-state index in [-0.39, 0.29) is 6.04 Å². The van der Waals surface area contributed by atoms with E-state index in [4.69, 9.17) is 5.73 Å². The van der Waals surface area contributed by atoms with Crippen molar-refractivity contribution in [1.82, 2.24) is 20.1 Å². The molecule has 0 radical (unpaired) electrons. The number of nitrogens with two attached hydrogens (primary N) is 1. The first kappa shape index (κ1) is 9.02. The third-order valence-corrected chi connectivity index (χ3v) is 1.64. The molecule has 0 aliphatic carbocycles. The third kappa shape index (κ3) is 1.96. The molecule has 0 spiro atoms. The van der Waals surface area contributed by atoms with Gasteiger partial charge in [-0.1, -0.05) is 0 Å². The summed E-state index contributed by atoms with van der Waals surface area (Å²) in [6, 6.07) is 0.0544. The van der Waals surface area contributed by atoms with E-state index in [0.717, 1.165) is 0 Å². The van der Waals surface area contributed by atoms with Crippen molar-refractivity contribution in [2.75, 3.05) is 20.6 Å². The molecule has 2 N–H and O–H groups in total. The topological polar surface area (TPSA) is 67.9 Å². The molecular weight excluding hydrogens is 154 g/mol. The van der Waals surface area contributed by atoms with Crippen LogP contribution in [0, 0.1) is 0 Å². The summed E-state index contributed by atoms with van der Waals surface area (Å²) < 4.78 is 0. The summed E-state index contributed by atoms with van der Waals surface area (Å²) in [5.41, 5.74) is 5.56. The van der Waals surface area contributed by atoms with Crippen molar-refractivity contribution >= 4 is 0 Å². The van der Waals surface area contributed by atoms with Crippen LogP contribution in [-0.4, -0.2) is 40.7 Å². The van der Waals surface area contributed by atoms with Gasteiger partial charge in [-0.05, 0) is 14.1 Å². The minimum atomic E-state index is 0.0544. The minimum absolute atomic E-state index is 0.0544. The molecule has 0 amide bonds. The van der Waals surface area contributed by atoms with Crippen LogP contribution in [0.3, 0.4) is 0 Å². The fourth-order valence-corrected chi connectivity index (χ4v) is 0.958. The third-order valence-electron chi connectivity index (χ3n) is 1.64. The van der Waals surface area contributed by atoms with Gasteiger partial charge in [-0.25, -0.2) is 4.98 Å². The summed E-state index contributed by atoms with van der Waals surface area (Å²) >= 11 is 0. The van der Waals surface area contributed by atoms with Crippen molar-refractivity contribution in [3.63, 3.8) is 0 Å². The van der Waals surface area contributed by atoms with Gasteiger partial charge in [0.15, 0.2) is 5.82 Å². The molecule has 0 aliphatic rings. The first-order chi connectivity index (χ1) is 5.75. The Kier molecular flexibility index (Phi) is 3.07. The predicted octanol–water partition coefficient (Wildman–Crippen LogP) is -0.567. The Labute approximate surface area is 71.6 Å². The van der Waals surface area contributed by atoms with Crippen LogP contribution in [0.1, 0.15) is 11.9 Å². The second-order valence-corrected chi connectivity index (χ2v) is 2.72. The molecule has 1 rings (SSSR count). The van der Waals surface area contributed by atoms with E-state index in [1.165, 1.54) is 0 Å². The van der Waals surface area contributed by atoms with Crippen molar-refractivity contribution in [2.45, 2.75) is 6.04 Å². The number of likely N-dealkylation sites (N-methyl/N-ethyl adjacent to an activating group) is 1. The van der Waals surface area contributed by atoms with Crippen LogP contribution in [0.4, 0.5) is 0 Å². The molecule has 1 heterocycles. The lowest BCUT2D eigenvalue weighted by atomic mass is 10.2. The van der Waals surface area contributed by atoms with Gasteiger partial charge in [0.1, 0.15) is 0 Å². The van der Waals surface area contributed by atoms with Crippen molar-refractivity contribution in [3.05, 3.63) is 18.2 Å². The van der Waals surface area contributed by atoms with E-state index in [9.17, 15) is 0 Å². The molecule has 0 aliphatic heterocycles. The molecular formula is C7H13N5. The Morgan fingerprint density at radius 2 is 2.25 bits per heavy atom. The molecule has 5 nitrogen and oxygen atoms in total. The van der Waals surface area contributed by atoms with Gasteiger partial charge in [0.25, 0.3) is 0 Å². The van der Waals surface area contributed by atoms with Gasteiger partial charge >= 0.3 is 0 Å². The highest BCUT2D eigenvalue weighted by molar-refractivity contribution is 4.92. The zero-order valence-electron chi connectivity index (χ0n) is 7.31. The van der Waals surface area contributed by atoms with E-state index in [1.54, 1.807) is 12.4 Å². The predicted molar refractivity (Wildman–Crippen MR) is 45.3 cm³/mol. The number of nitrogens with zero attached hydrogens (tertiary/aromatic N) is 4. The maximum Gasteiger partial charge on any atom is 0.169 e. The standard InChI is InChI=1S/C7H13N5/c1-12(2)6(5-8)7-9-3-4-10-11-7/h3-4,6H,5,8H2,1-2H3. The molecule has 1 aromatic rings. The Morgan fingerprint density at radius 3 is 2.67 bits per heavy atom. The van der Waals surface area contributed by atoms with Gasteiger partial charge in [0.2, 0.25) is 0 Å². The van der Waals surface area contributed by atoms with Crippen LogP contribution >= 0.6 is 0 Å². The van der Waals surface area contributed by atoms with Gasteiger partial charge in [-0.3, -0.25) is 4.90 Å². The number of hydrogen-bond donors (Lipinski definition) is 1. The Hall–Kier alpha value is -1.07. The molecule has 0 fully saturated rings. The molecule has 0 bridgehead atoms. The first-order valence-electron chi connectivity index (χ1n) is 3.75. The number of aromatic nitrogens is 3. The lowest BCUT2D eigenvalue weighted by molar-refractivity contribution is 0.291. The molecule has 5 heteroatoms. The highest BCUT2D eigenvalue weighted by atomic mass is 15.2. The lowest BCUT2D eigenvalue weighted by Gasteiger charge is -2.19. The van der Waals surface area contributed by atoms with Crippen LogP contribution in [-0.2, 0) is 0 Å². The largest absolute Gasteiger partial charge is 0.328 e. The summed E-state index contributed by atoms with van der Waals surface area (Å²) in [6.07, 6.45) is 3.17. The summed E-state index contributed by atoms with van der Waals surface area (Å²) in [4.78, 5) is 6.05. The van der Waals surface area contributed by atoms with E-state index in [1.807, 2.05) is 19.0 Å². The second kappa shape index (κ2) is 4.08. The van der Waals surface area contributed by atoms with Crippen molar-refractivity contribution in [1.29, 1.82) is 0 Å². The molecule has 1 atom stereocenters. The molecule has 1 unspecified atom stereocenters. The molecule has 66 valence electrons. The minimum Gasteiger partial charge on any atom is -0.328 e. The van der Waals surface area contributed by atoms with Crippen LogP contribution in [0.15, 0.2) is 12.4 Å². The maximum atomic E-state index is 5.56. The molecule has 0 saturated heterocycles. The van der Waals surface area contributed by atoms with Gasteiger partial charge in [0, 0.05) is 12.7 Å². The Morgan fingerprint density at radius 1 is 1.50 bits per heavy atom. The van der Waals surface area contributed by atoms with Crippen LogP contribution < -0.4 is 5.73 Å². The van der Waals surface area contributed by atoms with Crippen molar-refractivity contribution in [2.24, 2.45) is 5.73 Å². The summed E-state index contributed by atoms with van der Waals surface area (Å²) in [6.45, 7) is 0.499. The van der Waals surface area contributed by atoms with Gasteiger partial charge in [-0.15, -0.1) is 5.10 Å². The second-order valence-electron chi connectivity index (χ2n) is 2.72.